The zero-order chi connectivity index (χ0) is 17.5. The first-order chi connectivity index (χ1) is 10.8. The number of nitrogens with one attached hydrogen (secondary N) is 1. The van der Waals surface area contributed by atoms with Gasteiger partial charge in [-0.1, -0.05) is 13.8 Å². The Morgan fingerprint density at radius 3 is 2.42 bits per heavy atom. The third-order valence-corrected chi connectivity index (χ3v) is 6.27. The number of likely N-dealkylation sites (N-methyl/N-ethyl adjacent to an activating group) is 1. The van der Waals surface area contributed by atoms with Gasteiger partial charge >= 0.3 is 0 Å². The summed E-state index contributed by atoms with van der Waals surface area (Å²) in [6, 6.07) is 0.623. The molecular weight excluding hydrogens is 435 g/mol. The molecule has 2 atom stereocenters. The van der Waals surface area contributed by atoms with Gasteiger partial charge in [-0.05, 0) is 47.2 Å². The summed E-state index contributed by atoms with van der Waals surface area (Å²) in [5.74, 6) is 1.61. The average Bonchev–Trinajstić information content (AvgIpc) is 2.96. The summed E-state index contributed by atoms with van der Waals surface area (Å²) in [7, 11) is -0.838. The maximum atomic E-state index is 12.1. The van der Waals surface area contributed by atoms with Gasteiger partial charge in [-0.15, -0.1) is 24.0 Å². The molecule has 0 saturated carbocycles. The lowest BCUT2D eigenvalue weighted by Gasteiger charge is -2.27. The lowest BCUT2D eigenvalue weighted by atomic mass is 10.2. The monoisotopic (exact) mass is 472 g/mol. The first-order valence-electron chi connectivity index (χ1n) is 8.99. The highest BCUT2D eigenvalue weighted by Gasteiger charge is 2.28. The highest BCUT2D eigenvalue weighted by Crippen LogP contribution is 2.16. The molecule has 0 radical (unpaired) electrons. The second kappa shape index (κ2) is 11.7. The maximum Gasteiger partial charge on any atom is 0.193 e. The van der Waals surface area contributed by atoms with Crippen molar-refractivity contribution in [3.05, 3.63) is 0 Å². The van der Waals surface area contributed by atoms with Crippen molar-refractivity contribution in [2.45, 2.75) is 58.8 Å². The second-order valence-corrected chi connectivity index (χ2v) is 9.33. The molecule has 5 nitrogen and oxygen atoms in total. The van der Waals surface area contributed by atoms with Crippen LogP contribution in [0.5, 0.6) is 0 Å². The van der Waals surface area contributed by atoms with Gasteiger partial charge in [0.25, 0.3) is 0 Å². The molecule has 1 rings (SSSR count). The Morgan fingerprint density at radius 1 is 1.29 bits per heavy atom. The molecule has 1 aliphatic rings. The van der Waals surface area contributed by atoms with Crippen molar-refractivity contribution in [3.63, 3.8) is 0 Å². The first kappa shape index (κ1) is 24.1. The topological polar surface area (TPSA) is 47.9 Å². The van der Waals surface area contributed by atoms with Gasteiger partial charge < -0.3 is 10.2 Å². The summed E-state index contributed by atoms with van der Waals surface area (Å²) >= 11 is 0. The van der Waals surface area contributed by atoms with Crippen LogP contribution in [0, 0.1) is 0 Å². The van der Waals surface area contributed by atoms with Gasteiger partial charge in [-0.2, -0.15) is 0 Å². The maximum absolute atomic E-state index is 12.1. The summed E-state index contributed by atoms with van der Waals surface area (Å²) in [6.07, 6.45) is 1.19. The minimum atomic E-state index is -0.838. The molecule has 0 amide bonds. The molecule has 0 aromatic rings. The van der Waals surface area contributed by atoms with Crippen LogP contribution >= 0.6 is 24.0 Å². The van der Waals surface area contributed by atoms with Crippen LogP contribution in [0.1, 0.15) is 48.0 Å². The molecule has 1 N–H and O–H groups in total. The zero-order valence-corrected chi connectivity index (χ0v) is 19.4. The van der Waals surface area contributed by atoms with E-state index in [-0.39, 0.29) is 28.7 Å². The van der Waals surface area contributed by atoms with Gasteiger partial charge in [-0.25, -0.2) is 0 Å². The van der Waals surface area contributed by atoms with Crippen LogP contribution in [0.3, 0.4) is 0 Å². The molecule has 0 spiro atoms. The highest BCUT2D eigenvalue weighted by molar-refractivity contribution is 14.0. The Hall–Kier alpha value is 0.110. The fourth-order valence-electron chi connectivity index (χ4n) is 2.94. The smallest absolute Gasteiger partial charge is 0.193 e. The van der Waals surface area contributed by atoms with Crippen molar-refractivity contribution in [2.24, 2.45) is 4.99 Å². The van der Waals surface area contributed by atoms with Crippen molar-refractivity contribution >= 4 is 40.7 Å². The summed E-state index contributed by atoms with van der Waals surface area (Å²) in [5.41, 5.74) is 0. The van der Waals surface area contributed by atoms with Crippen molar-refractivity contribution in [3.8, 4) is 0 Å². The van der Waals surface area contributed by atoms with E-state index in [4.69, 9.17) is 4.99 Å². The number of guanidine groups is 1. The minimum Gasteiger partial charge on any atom is -0.357 e. The molecule has 1 saturated heterocycles. The van der Waals surface area contributed by atoms with E-state index in [1.165, 1.54) is 6.42 Å². The minimum absolute atomic E-state index is 0. The number of aliphatic imine (C=N–C) groups is 1. The standard InChI is InChI=1S/C17H36N4OS.HI/c1-7-18-16(19-11-13-23(22)17(4,5)6)21-12-10-15(14-21)20(8-2)9-3;/h15H,7-14H2,1-6H3,(H,18,19);1H. The molecule has 0 aromatic carbocycles. The quantitative estimate of drug-likeness (QED) is 0.352. The predicted molar refractivity (Wildman–Crippen MR) is 117 cm³/mol. The molecular formula is C17H37IN4OS. The van der Waals surface area contributed by atoms with Gasteiger partial charge in [0.1, 0.15) is 0 Å². The summed E-state index contributed by atoms with van der Waals surface area (Å²) in [5, 5.41) is 3.39. The fraction of sp³-hybridized carbons (Fsp3) is 0.941. The van der Waals surface area contributed by atoms with E-state index in [9.17, 15) is 4.21 Å². The Balaban J connectivity index is 0.00000529. The normalized spacial score (nSPS) is 20.2. The molecule has 144 valence electrons. The zero-order valence-electron chi connectivity index (χ0n) is 16.3. The van der Waals surface area contributed by atoms with Crippen molar-refractivity contribution < 1.29 is 4.21 Å². The number of halogens is 1. The van der Waals surface area contributed by atoms with E-state index in [1.54, 1.807) is 0 Å². The van der Waals surface area contributed by atoms with Crippen LogP contribution in [0.15, 0.2) is 4.99 Å². The number of rotatable bonds is 7. The third kappa shape index (κ3) is 7.56. The summed E-state index contributed by atoms with van der Waals surface area (Å²) in [6.45, 7) is 18.4. The Labute approximate surface area is 168 Å². The van der Waals surface area contributed by atoms with E-state index in [0.717, 1.165) is 38.7 Å². The van der Waals surface area contributed by atoms with Gasteiger partial charge in [0, 0.05) is 47.0 Å². The van der Waals surface area contributed by atoms with Crippen molar-refractivity contribution in [1.29, 1.82) is 0 Å². The van der Waals surface area contributed by atoms with Crippen molar-refractivity contribution in [2.75, 3.05) is 45.0 Å². The number of hydrogen-bond donors (Lipinski definition) is 1. The van der Waals surface area contributed by atoms with Crippen LogP contribution in [-0.4, -0.2) is 75.8 Å². The Kier molecular flexibility index (Phi) is 11.7. The average molecular weight is 472 g/mol. The van der Waals surface area contributed by atoms with E-state index >= 15 is 0 Å². The van der Waals surface area contributed by atoms with Crippen LogP contribution in [0.25, 0.3) is 0 Å². The molecule has 0 aromatic heterocycles. The van der Waals surface area contributed by atoms with E-state index in [1.807, 2.05) is 20.8 Å². The summed E-state index contributed by atoms with van der Waals surface area (Å²) in [4.78, 5) is 9.59. The van der Waals surface area contributed by atoms with Crippen LogP contribution in [-0.2, 0) is 10.8 Å². The molecule has 1 aliphatic heterocycles. The van der Waals surface area contributed by atoms with E-state index < -0.39 is 10.8 Å². The first-order valence-corrected chi connectivity index (χ1v) is 10.3. The third-order valence-electron chi connectivity index (χ3n) is 4.35. The van der Waals surface area contributed by atoms with Gasteiger partial charge in [0.2, 0.25) is 0 Å². The molecule has 1 fully saturated rings. The number of hydrogen-bond acceptors (Lipinski definition) is 3. The van der Waals surface area contributed by atoms with Gasteiger partial charge in [-0.3, -0.25) is 14.1 Å². The molecule has 2 unspecified atom stereocenters. The number of nitrogens with zero attached hydrogens (tertiary/aromatic N) is 3. The van der Waals surface area contributed by atoms with E-state index in [0.29, 0.717) is 18.3 Å². The van der Waals surface area contributed by atoms with Crippen LogP contribution in [0.4, 0.5) is 0 Å². The lowest BCUT2D eigenvalue weighted by Crippen LogP contribution is -2.43. The Bertz CT molecular complexity index is 408. The van der Waals surface area contributed by atoms with Crippen LogP contribution < -0.4 is 5.32 Å². The van der Waals surface area contributed by atoms with Gasteiger partial charge in [0.05, 0.1) is 6.54 Å². The summed E-state index contributed by atoms with van der Waals surface area (Å²) < 4.78 is 12.0. The molecule has 0 aliphatic carbocycles. The highest BCUT2D eigenvalue weighted by atomic mass is 127. The second-order valence-electron chi connectivity index (χ2n) is 7.01. The molecule has 7 heteroatoms. The number of likely N-dealkylation sites (tertiary alicyclic amines) is 1. The predicted octanol–water partition coefficient (Wildman–Crippen LogP) is 2.53. The van der Waals surface area contributed by atoms with Crippen molar-refractivity contribution in [1.82, 2.24) is 15.1 Å². The van der Waals surface area contributed by atoms with Crippen LogP contribution in [0.2, 0.25) is 0 Å². The van der Waals surface area contributed by atoms with E-state index in [2.05, 4.69) is 35.9 Å². The SMILES string of the molecule is CCNC(=NCCS(=O)C(C)(C)C)N1CCC(N(CC)CC)C1.I. The molecule has 24 heavy (non-hydrogen) atoms. The Morgan fingerprint density at radius 2 is 1.92 bits per heavy atom. The largest absolute Gasteiger partial charge is 0.357 e. The van der Waals surface area contributed by atoms with Gasteiger partial charge in [0.15, 0.2) is 5.96 Å². The molecule has 0 bridgehead atoms. The fourth-order valence-corrected chi connectivity index (χ4v) is 3.81. The lowest BCUT2D eigenvalue weighted by molar-refractivity contribution is 0.223. The molecule has 1 heterocycles.